The monoisotopic (exact) mass is 618 g/mol. The van der Waals surface area contributed by atoms with Crippen molar-refractivity contribution in [3.05, 3.63) is 120 Å². The van der Waals surface area contributed by atoms with Crippen LogP contribution in [0.2, 0.25) is 0 Å². The molecule has 3 nitrogen and oxygen atoms in total. The molecule has 0 N–H and O–H groups in total. The summed E-state index contributed by atoms with van der Waals surface area (Å²) in [6.45, 7) is 0. The van der Waals surface area contributed by atoms with Crippen molar-refractivity contribution >= 4 is 11.6 Å². The predicted molar refractivity (Wildman–Crippen MR) is 131 cm³/mol. The molecular formula is C30H21N3Pt. The van der Waals surface area contributed by atoms with Gasteiger partial charge in [0.15, 0.2) is 0 Å². The molecule has 2 aromatic carbocycles. The Balaban J connectivity index is 0.00000217. The number of hydrogen-bond donors (Lipinski definition) is 0. The zero-order chi connectivity index (χ0) is 21.8. The second kappa shape index (κ2) is 8.49. The molecule has 0 radical (unpaired) electrons. The van der Waals surface area contributed by atoms with Gasteiger partial charge in [0, 0.05) is 5.92 Å². The van der Waals surface area contributed by atoms with Crippen LogP contribution in [0.4, 0.5) is 11.6 Å². The molecule has 2 atom stereocenters. The van der Waals surface area contributed by atoms with E-state index in [1.165, 1.54) is 16.7 Å². The fraction of sp³-hybridized carbons (Fsp3) is 0.133. The quantitative estimate of drug-likeness (QED) is 0.253. The minimum Gasteiger partial charge on any atom is -0.304 e. The van der Waals surface area contributed by atoms with Gasteiger partial charge in [-0.05, 0) is 40.9 Å². The van der Waals surface area contributed by atoms with Crippen LogP contribution in [-0.4, -0.2) is 16.0 Å². The number of hydrogen-bond acceptors (Lipinski definition) is 3. The number of nitrogens with zero attached hydrogens (tertiary/aromatic N) is 3. The van der Waals surface area contributed by atoms with Crippen molar-refractivity contribution in [1.82, 2.24) is 9.97 Å². The van der Waals surface area contributed by atoms with E-state index in [9.17, 15) is 0 Å². The molecule has 7 rings (SSSR count). The second-order valence-corrected chi connectivity index (χ2v) is 8.90. The Hall–Kier alpha value is -3.29. The summed E-state index contributed by atoms with van der Waals surface area (Å²) in [5.74, 6) is 2.47. The van der Waals surface area contributed by atoms with E-state index in [-0.39, 0.29) is 27.1 Å². The average Bonchev–Trinajstić information content (AvgIpc) is 2.89. The van der Waals surface area contributed by atoms with Crippen molar-refractivity contribution in [2.24, 2.45) is 5.92 Å². The van der Waals surface area contributed by atoms with E-state index >= 15 is 0 Å². The van der Waals surface area contributed by atoms with Gasteiger partial charge in [-0.2, -0.15) is 0 Å². The van der Waals surface area contributed by atoms with Gasteiger partial charge in [0.1, 0.15) is 11.6 Å². The van der Waals surface area contributed by atoms with Crippen LogP contribution in [0.1, 0.15) is 11.1 Å². The maximum atomic E-state index is 5.19. The van der Waals surface area contributed by atoms with Crippen LogP contribution in [0.3, 0.4) is 0 Å². The number of benzene rings is 2. The summed E-state index contributed by atoms with van der Waals surface area (Å²) in [7, 11) is 0. The summed E-state index contributed by atoms with van der Waals surface area (Å²) in [5, 5.41) is 0. The van der Waals surface area contributed by atoms with Gasteiger partial charge in [0.2, 0.25) is 0 Å². The van der Waals surface area contributed by atoms with Gasteiger partial charge in [-0.25, -0.2) is 0 Å². The van der Waals surface area contributed by atoms with Crippen molar-refractivity contribution in [3.63, 3.8) is 0 Å². The van der Waals surface area contributed by atoms with Gasteiger partial charge >= 0.3 is 21.1 Å². The van der Waals surface area contributed by atoms with Crippen LogP contribution in [0.5, 0.6) is 0 Å². The minimum absolute atomic E-state index is 0. The van der Waals surface area contributed by atoms with Crippen LogP contribution in [0.15, 0.2) is 96.6 Å². The third-order valence-electron chi connectivity index (χ3n) is 6.92. The van der Waals surface area contributed by atoms with Gasteiger partial charge in [-0.3, -0.25) is 9.97 Å². The zero-order valence-electron chi connectivity index (χ0n) is 18.4. The van der Waals surface area contributed by atoms with Gasteiger partial charge in [0.05, 0.1) is 6.04 Å². The molecule has 2 aliphatic heterocycles. The van der Waals surface area contributed by atoms with Crippen LogP contribution >= 0.6 is 0 Å². The summed E-state index contributed by atoms with van der Waals surface area (Å²) in [6, 6.07) is 31.7. The molecule has 4 heteroatoms. The molecule has 0 saturated carbocycles. The van der Waals surface area contributed by atoms with Gasteiger partial charge in [-0.1, -0.05) is 42.5 Å². The number of rotatable bonds is 2. The van der Waals surface area contributed by atoms with Gasteiger partial charge in [-0.15, -0.1) is 71.8 Å². The third kappa shape index (κ3) is 3.38. The number of pyridine rings is 2. The molecule has 4 heterocycles. The van der Waals surface area contributed by atoms with E-state index in [2.05, 4.69) is 71.7 Å². The van der Waals surface area contributed by atoms with E-state index in [1.54, 1.807) is 0 Å². The molecule has 1 aliphatic carbocycles. The minimum atomic E-state index is 0. The smallest absolute Gasteiger partial charge is 0.304 e. The molecule has 0 fully saturated rings. The number of anilines is 2. The van der Waals surface area contributed by atoms with Crippen molar-refractivity contribution in [2.45, 2.75) is 18.9 Å². The molecular weight excluding hydrogens is 597 g/mol. The SMILES string of the molecule is [Pt+2].[c-]1ccccc1-c1ccc2c(n1)N1c3nc(-c4[c-]cccc4)ccc3CC3C=CC=C(C2)C31. The first-order valence-corrected chi connectivity index (χ1v) is 11.5. The maximum Gasteiger partial charge on any atom is 2.00 e. The normalized spacial score (nSPS) is 19.3. The predicted octanol–water partition coefficient (Wildman–Crippen LogP) is 6.14. The zero-order valence-corrected chi connectivity index (χ0v) is 20.7. The Morgan fingerprint density at radius 2 is 1.41 bits per heavy atom. The van der Waals surface area contributed by atoms with E-state index in [0.717, 1.165) is 47.0 Å². The van der Waals surface area contributed by atoms with Crippen molar-refractivity contribution in [1.29, 1.82) is 0 Å². The van der Waals surface area contributed by atoms with Crippen LogP contribution in [0.25, 0.3) is 22.5 Å². The molecule has 0 amide bonds. The maximum absolute atomic E-state index is 5.19. The van der Waals surface area contributed by atoms with Gasteiger partial charge < -0.3 is 4.90 Å². The Labute approximate surface area is 214 Å². The molecule has 166 valence electrons. The Kier molecular flexibility index (Phi) is 5.31. The van der Waals surface area contributed by atoms with Gasteiger partial charge in [0.25, 0.3) is 0 Å². The van der Waals surface area contributed by atoms with Crippen LogP contribution < -0.4 is 4.90 Å². The van der Waals surface area contributed by atoms with Crippen LogP contribution in [-0.2, 0) is 33.9 Å². The third-order valence-corrected chi connectivity index (χ3v) is 6.92. The van der Waals surface area contributed by atoms with Crippen molar-refractivity contribution in [3.8, 4) is 22.5 Å². The summed E-state index contributed by atoms with van der Waals surface area (Å²) >= 11 is 0. The average molecular weight is 619 g/mol. The van der Waals surface area contributed by atoms with E-state index < -0.39 is 0 Å². The molecule has 0 saturated heterocycles. The molecule has 3 aliphatic rings. The Morgan fingerprint density at radius 1 is 0.765 bits per heavy atom. The topological polar surface area (TPSA) is 29.0 Å². The first-order chi connectivity index (χ1) is 16.3. The first kappa shape index (κ1) is 21.3. The number of allylic oxidation sites excluding steroid dienone is 2. The number of fused-ring (bicyclic) bond motifs is 4. The summed E-state index contributed by atoms with van der Waals surface area (Å²) in [6.07, 6.45) is 8.80. The van der Waals surface area contributed by atoms with E-state index in [1.807, 2.05) is 36.4 Å². The molecule has 2 unspecified atom stereocenters. The molecule has 0 bridgehead atoms. The standard InChI is InChI=1S/C30H21N3.Pt/c1-3-8-20(9-4-1)26-16-14-24-18-22-12-7-13-23-19-25-15-17-27(21-10-5-2-6-11-21)32-30(25)33(28(22)23)29(24)31-26;/h1-8,10,12-17,22,28H,18-19H2;/q-2;+2. The van der Waals surface area contributed by atoms with Crippen molar-refractivity contribution in [2.75, 3.05) is 4.90 Å². The Morgan fingerprint density at radius 3 is 2.06 bits per heavy atom. The fourth-order valence-corrected chi connectivity index (χ4v) is 5.41. The summed E-state index contributed by atoms with van der Waals surface area (Å²) in [4.78, 5) is 12.8. The Bertz CT molecular complexity index is 1430. The van der Waals surface area contributed by atoms with Crippen LogP contribution in [0, 0.1) is 18.1 Å². The molecule has 0 spiro atoms. The van der Waals surface area contributed by atoms with Crippen molar-refractivity contribution < 1.29 is 21.1 Å². The first-order valence-electron chi connectivity index (χ1n) is 11.5. The summed E-state index contributed by atoms with van der Waals surface area (Å²) in [5.41, 5.74) is 7.89. The second-order valence-electron chi connectivity index (χ2n) is 8.90. The van der Waals surface area contributed by atoms with E-state index in [0.29, 0.717) is 5.92 Å². The number of aromatic nitrogens is 2. The molecule has 4 aromatic rings. The molecule has 2 aromatic heterocycles. The van der Waals surface area contributed by atoms with E-state index in [4.69, 9.17) is 9.97 Å². The summed E-state index contributed by atoms with van der Waals surface area (Å²) < 4.78 is 0. The molecule has 34 heavy (non-hydrogen) atoms. The fourth-order valence-electron chi connectivity index (χ4n) is 5.41. The largest absolute Gasteiger partial charge is 2.00 e.